The van der Waals surface area contributed by atoms with E-state index in [9.17, 15) is 9.90 Å². The third-order valence-corrected chi connectivity index (χ3v) is 2.48. The van der Waals surface area contributed by atoms with Crippen LogP contribution in [-0.2, 0) is 4.79 Å². The number of hydrogen-bond donors (Lipinski definition) is 1. The zero-order valence-electron chi connectivity index (χ0n) is 8.49. The van der Waals surface area contributed by atoms with Gasteiger partial charge in [0.05, 0.1) is 0 Å². The lowest BCUT2D eigenvalue weighted by atomic mass is 10.1. The number of aliphatic hydroxyl groups is 1. The zero-order valence-corrected chi connectivity index (χ0v) is 8.49. The fraction of sp³-hybridized carbons (Fsp3) is 0.900. The highest BCUT2D eigenvalue weighted by molar-refractivity contribution is 5.81. The van der Waals surface area contributed by atoms with Crippen molar-refractivity contribution in [2.75, 3.05) is 13.1 Å². The summed E-state index contributed by atoms with van der Waals surface area (Å²) in [5.74, 6) is 0.541. The number of rotatable bonds is 3. The van der Waals surface area contributed by atoms with Gasteiger partial charge in [-0.1, -0.05) is 13.8 Å². The molecule has 1 atom stereocenters. The van der Waals surface area contributed by atoms with Gasteiger partial charge in [0.15, 0.2) is 0 Å². The number of nitrogens with zero attached hydrogens (tertiary/aromatic N) is 1. The highest BCUT2D eigenvalue weighted by Gasteiger charge is 2.26. The molecule has 1 amide bonds. The molecule has 1 unspecified atom stereocenters. The van der Waals surface area contributed by atoms with Gasteiger partial charge < -0.3 is 10.0 Å². The highest BCUT2D eigenvalue weighted by atomic mass is 16.3. The van der Waals surface area contributed by atoms with Crippen LogP contribution in [0.4, 0.5) is 0 Å². The fourth-order valence-corrected chi connectivity index (χ4v) is 1.56. The third-order valence-electron chi connectivity index (χ3n) is 2.48. The van der Waals surface area contributed by atoms with Gasteiger partial charge in [0.2, 0.25) is 0 Å². The minimum Gasteiger partial charge on any atom is -0.383 e. The molecular formula is C10H19NO2. The maximum atomic E-state index is 11.4. The Hall–Kier alpha value is -0.570. The first-order chi connectivity index (χ1) is 6.11. The summed E-state index contributed by atoms with van der Waals surface area (Å²) in [6.45, 7) is 5.91. The molecule has 0 aliphatic carbocycles. The van der Waals surface area contributed by atoms with E-state index in [1.165, 1.54) is 0 Å². The molecule has 0 aromatic rings. The Bertz CT molecular complexity index is 180. The topological polar surface area (TPSA) is 40.5 Å². The molecule has 1 rings (SSSR count). The summed E-state index contributed by atoms with van der Waals surface area (Å²) >= 11 is 0. The van der Waals surface area contributed by atoms with Gasteiger partial charge in [0.1, 0.15) is 6.10 Å². The smallest absolute Gasteiger partial charge is 0.251 e. The second-order valence-corrected chi connectivity index (χ2v) is 4.17. The third kappa shape index (κ3) is 2.99. The van der Waals surface area contributed by atoms with Gasteiger partial charge in [-0.2, -0.15) is 0 Å². The number of likely N-dealkylation sites (tertiary alicyclic amines) is 1. The first kappa shape index (κ1) is 10.5. The standard InChI is InChI=1S/C10H19NO2/c1-8(2)5-7-11-6-3-4-9(12)10(11)13/h8-9,12H,3-7H2,1-2H3. The van der Waals surface area contributed by atoms with E-state index in [0.717, 1.165) is 25.9 Å². The Morgan fingerprint density at radius 3 is 2.92 bits per heavy atom. The molecule has 1 aliphatic heterocycles. The van der Waals surface area contributed by atoms with Crippen molar-refractivity contribution in [1.82, 2.24) is 4.90 Å². The van der Waals surface area contributed by atoms with Crippen LogP contribution in [0.2, 0.25) is 0 Å². The summed E-state index contributed by atoms with van der Waals surface area (Å²) in [5, 5.41) is 9.32. The van der Waals surface area contributed by atoms with Crippen LogP contribution in [-0.4, -0.2) is 35.1 Å². The predicted molar refractivity (Wildman–Crippen MR) is 51.3 cm³/mol. The molecule has 1 aliphatic rings. The molecule has 1 saturated heterocycles. The predicted octanol–water partition coefficient (Wildman–Crippen LogP) is 1.02. The lowest BCUT2D eigenvalue weighted by Crippen LogP contribution is -2.44. The lowest BCUT2D eigenvalue weighted by molar-refractivity contribution is -0.143. The Morgan fingerprint density at radius 1 is 1.62 bits per heavy atom. The van der Waals surface area contributed by atoms with Crippen molar-refractivity contribution < 1.29 is 9.90 Å². The van der Waals surface area contributed by atoms with Crippen molar-refractivity contribution in [3.63, 3.8) is 0 Å². The number of piperidine rings is 1. The van der Waals surface area contributed by atoms with E-state index in [2.05, 4.69) is 13.8 Å². The molecule has 3 nitrogen and oxygen atoms in total. The molecule has 0 radical (unpaired) electrons. The lowest BCUT2D eigenvalue weighted by Gasteiger charge is -2.30. The van der Waals surface area contributed by atoms with E-state index in [-0.39, 0.29) is 5.91 Å². The maximum Gasteiger partial charge on any atom is 0.251 e. The Labute approximate surface area is 79.7 Å². The van der Waals surface area contributed by atoms with Crippen LogP contribution in [0.15, 0.2) is 0 Å². The van der Waals surface area contributed by atoms with E-state index < -0.39 is 6.10 Å². The summed E-state index contributed by atoms with van der Waals surface area (Å²) in [5.41, 5.74) is 0. The van der Waals surface area contributed by atoms with Gasteiger partial charge in [0.25, 0.3) is 5.91 Å². The van der Waals surface area contributed by atoms with E-state index in [1.807, 2.05) is 0 Å². The minimum absolute atomic E-state index is 0.0769. The molecule has 1 heterocycles. The monoisotopic (exact) mass is 185 g/mol. The number of carbonyl (C=O) groups excluding carboxylic acids is 1. The second-order valence-electron chi connectivity index (χ2n) is 4.17. The summed E-state index contributed by atoms with van der Waals surface area (Å²) in [6, 6.07) is 0. The quantitative estimate of drug-likeness (QED) is 0.713. The van der Waals surface area contributed by atoms with Crippen molar-refractivity contribution in [3.8, 4) is 0 Å². The van der Waals surface area contributed by atoms with E-state index in [4.69, 9.17) is 0 Å². The van der Waals surface area contributed by atoms with E-state index in [0.29, 0.717) is 12.3 Å². The van der Waals surface area contributed by atoms with Crippen LogP contribution in [0.5, 0.6) is 0 Å². The summed E-state index contributed by atoms with van der Waals surface area (Å²) in [7, 11) is 0. The maximum absolute atomic E-state index is 11.4. The van der Waals surface area contributed by atoms with Crippen LogP contribution in [0.3, 0.4) is 0 Å². The molecule has 0 aromatic carbocycles. The van der Waals surface area contributed by atoms with Crippen LogP contribution in [0, 0.1) is 5.92 Å². The Morgan fingerprint density at radius 2 is 2.31 bits per heavy atom. The van der Waals surface area contributed by atoms with Crippen molar-refractivity contribution in [1.29, 1.82) is 0 Å². The number of carbonyl (C=O) groups is 1. The van der Waals surface area contributed by atoms with Gasteiger partial charge in [-0.05, 0) is 25.2 Å². The summed E-state index contributed by atoms with van der Waals surface area (Å²) in [4.78, 5) is 13.2. The fourth-order valence-electron chi connectivity index (χ4n) is 1.56. The zero-order chi connectivity index (χ0) is 9.84. The summed E-state index contributed by atoms with van der Waals surface area (Å²) < 4.78 is 0. The van der Waals surface area contributed by atoms with Crippen LogP contribution in [0.25, 0.3) is 0 Å². The SMILES string of the molecule is CC(C)CCN1CCCC(O)C1=O. The van der Waals surface area contributed by atoms with Gasteiger partial charge in [0, 0.05) is 13.1 Å². The molecule has 1 N–H and O–H groups in total. The van der Waals surface area contributed by atoms with Crippen molar-refractivity contribution in [3.05, 3.63) is 0 Å². The van der Waals surface area contributed by atoms with Crippen LogP contribution < -0.4 is 0 Å². The van der Waals surface area contributed by atoms with Crippen molar-refractivity contribution in [2.45, 2.75) is 39.2 Å². The van der Waals surface area contributed by atoms with Crippen LogP contribution in [0.1, 0.15) is 33.1 Å². The molecule has 3 heteroatoms. The molecule has 1 fully saturated rings. The molecular weight excluding hydrogens is 166 g/mol. The molecule has 0 bridgehead atoms. The molecule has 0 saturated carbocycles. The van der Waals surface area contributed by atoms with E-state index >= 15 is 0 Å². The summed E-state index contributed by atoms with van der Waals surface area (Å²) in [6.07, 6.45) is 1.86. The number of amides is 1. The molecule has 13 heavy (non-hydrogen) atoms. The van der Waals surface area contributed by atoms with Gasteiger partial charge in [-0.25, -0.2) is 0 Å². The second kappa shape index (κ2) is 4.61. The van der Waals surface area contributed by atoms with Gasteiger partial charge in [-0.3, -0.25) is 4.79 Å². The molecule has 0 spiro atoms. The number of hydrogen-bond acceptors (Lipinski definition) is 2. The minimum atomic E-state index is -0.735. The van der Waals surface area contributed by atoms with Gasteiger partial charge in [-0.15, -0.1) is 0 Å². The Balaban J connectivity index is 2.35. The average Bonchev–Trinajstić information content (AvgIpc) is 2.07. The normalized spacial score (nSPS) is 24.2. The van der Waals surface area contributed by atoms with Crippen molar-refractivity contribution in [2.24, 2.45) is 5.92 Å². The van der Waals surface area contributed by atoms with Crippen LogP contribution >= 0.6 is 0 Å². The first-order valence-electron chi connectivity index (χ1n) is 5.08. The first-order valence-corrected chi connectivity index (χ1v) is 5.08. The largest absolute Gasteiger partial charge is 0.383 e. The molecule has 76 valence electrons. The van der Waals surface area contributed by atoms with Crippen molar-refractivity contribution >= 4 is 5.91 Å². The number of aliphatic hydroxyl groups excluding tert-OH is 1. The molecule has 0 aromatic heterocycles. The van der Waals surface area contributed by atoms with Gasteiger partial charge >= 0.3 is 0 Å². The Kier molecular flexibility index (Phi) is 3.72. The average molecular weight is 185 g/mol. The van der Waals surface area contributed by atoms with E-state index in [1.54, 1.807) is 4.90 Å². The highest BCUT2D eigenvalue weighted by Crippen LogP contribution is 2.13.